The van der Waals surface area contributed by atoms with Gasteiger partial charge >= 0.3 is 5.97 Å². The number of carbonyl (C=O) groups is 1. The van der Waals surface area contributed by atoms with Crippen LogP contribution in [0.4, 0.5) is 0 Å². The number of nitrogens with zero attached hydrogens (tertiary/aromatic N) is 1. The lowest BCUT2D eigenvalue weighted by molar-refractivity contribution is -0.139. The molecule has 0 bridgehead atoms. The summed E-state index contributed by atoms with van der Waals surface area (Å²) in [5, 5.41) is 9.73. The molecule has 2 aromatic carbocycles. The Hall–Kier alpha value is -3.72. The van der Waals surface area contributed by atoms with Gasteiger partial charge in [-0.1, -0.05) is 36.4 Å². The maximum Gasteiger partial charge on any atom is 0.338 e. The first-order valence-electron chi connectivity index (χ1n) is 9.20. The van der Waals surface area contributed by atoms with Crippen molar-refractivity contribution in [2.45, 2.75) is 19.8 Å². The number of rotatable bonds is 5. The van der Waals surface area contributed by atoms with E-state index in [0.29, 0.717) is 11.5 Å². The Bertz CT molecular complexity index is 1030. The summed E-state index contributed by atoms with van der Waals surface area (Å²) in [5.41, 5.74) is 8.92. The van der Waals surface area contributed by atoms with Crippen LogP contribution in [0.15, 0.2) is 71.3 Å². The van der Waals surface area contributed by atoms with Crippen molar-refractivity contribution in [3.63, 3.8) is 0 Å². The van der Waals surface area contributed by atoms with Crippen LogP contribution in [0.25, 0.3) is 11.1 Å². The third-order valence-electron chi connectivity index (χ3n) is 4.74. The van der Waals surface area contributed by atoms with Gasteiger partial charge in [-0.25, -0.2) is 4.79 Å². The first-order chi connectivity index (χ1) is 14.0. The van der Waals surface area contributed by atoms with E-state index < -0.39 is 11.9 Å². The predicted octanol–water partition coefficient (Wildman–Crippen LogP) is 4.01. The number of carbonyl (C=O) groups excluding carboxylic acids is 1. The summed E-state index contributed by atoms with van der Waals surface area (Å²) in [6, 6.07) is 17.4. The molecule has 0 saturated carbocycles. The van der Waals surface area contributed by atoms with Crippen LogP contribution in [0, 0.1) is 11.3 Å². The predicted molar refractivity (Wildman–Crippen MR) is 108 cm³/mol. The summed E-state index contributed by atoms with van der Waals surface area (Å²) in [7, 11) is 1.60. The maximum absolute atomic E-state index is 12.7. The van der Waals surface area contributed by atoms with E-state index in [1.165, 1.54) is 0 Å². The van der Waals surface area contributed by atoms with Gasteiger partial charge in [-0.2, -0.15) is 5.26 Å². The molecular weight excluding hydrogens is 368 g/mol. The normalized spacial score (nSPS) is 16.1. The summed E-state index contributed by atoms with van der Waals surface area (Å²) < 4.78 is 16.2. The van der Waals surface area contributed by atoms with E-state index in [0.717, 1.165) is 16.7 Å². The number of hydrogen-bond donors (Lipinski definition) is 1. The van der Waals surface area contributed by atoms with Gasteiger partial charge in [-0.3, -0.25) is 0 Å². The fraction of sp³-hybridized carbons (Fsp3) is 0.217. The second-order valence-electron chi connectivity index (χ2n) is 6.44. The third-order valence-corrected chi connectivity index (χ3v) is 4.74. The summed E-state index contributed by atoms with van der Waals surface area (Å²) in [6.45, 7) is 3.58. The molecule has 0 amide bonds. The van der Waals surface area contributed by atoms with Gasteiger partial charge < -0.3 is 19.9 Å². The highest BCUT2D eigenvalue weighted by atomic mass is 16.5. The molecule has 0 aliphatic carbocycles. The van der Waals surface area contributed by atoms with Gasteiger partial charge in [0, 0.05) is 5.56 Å². The second-order valence-corrected chi connectivity index (χ2v) is 6.44. The van der Waals surface area contributed by atoms with Crippen molar-refractivity contribution < 1.29 is 19.0 Å². The lowest BCUT2D eigenvalue weighted by Crippen LogP contribution is -2.25. The Balaban J connectivity index is 2.21. The quantitative estimate of drug-likeness (QED) is 0.775. The highest BCUT2D eigenvalue weighted by Crippen LogP contribution is 2.42. The zero-order chi connectivity index (χ0) is 21.0. The molecule has 0 radical (unpaired) electrons. The van der Waals surface area contributed by atoms with E-state index in [1.54, 1.807) is 21.0 Å². The van der Waals surface area contributed by atoms with Gasteiger partial charge in [0.1, 0.15) is 23.2 Å². The van der Waals surface area contributed by atoms with Gasteiger partial charge in [-0.15, -0.1) is 0 Å². The van der Waals surface area contributed by atoms with E-state index in [1.807, 2.05) is 48.5 Å². The lowest BCUT2D eigenvalue weighted by Gasteiger charge is -2.27. The van der Waals surface area contributed by atoms with Gasteiger partial charge in [0.15, 0.2) is 0 Å². The third kappa shape index (κ3) is 3.81. The number of esters is 1. The lowest BCUT2D eigenvalue weighted by atomic mass is 9.82. The van der Waals surface area contributed by atoms with Crippen LogP contribution in [-0.2, 0) is 14.3 Å². The van der Waals surface area contributed by atoms with Crippen molar-refractivity contribution in [3.05, 3.63) is 76.9 Å². The number of hydrogen-bond acceptors (Lipinski definition) is 6. The number of benzene rings is 2. The van der Waals surface area contributed by atoms with E-state index in [9.17, 15) is 10.1 Å². The van der Waals surface area contributed by atoms with Gasteiger partial charge in [0.25, 0.3) is 0 Å². The van der Waals surface area contributed by atoms with Crippen LogP contribution in [0.5, 0.6) is 5.75 Å². The molecule has 3 rings (SSSR count). The average molecular weight is 390 g/mol. The van der Waals surface area contributed by atoms with Crippen molar-refractivity contribution in [2.75, 3.05) is 13.7 Å². The molecule has 148 valence electrons. The molecule has 29 heavy (non-hydrogen) atoms. The molecule has 0 aromatic heterocycles. The minimum absolute atomic E-state index is 0.0138. The second kappa shape index (κ2) is 8.53. The highest BCUT2D eigenvalue weighted by Gasteiger charge is 2.36. The van der Waals surface area contributed by atoms with Crippen LogP contribution in [0.2, 0.25) is 0 Å². The minimum Gasteiger partial charge on any atom is -0.496 e. The first kappa shape index (κ1) is 20.0. The van der Waals surface area contributed by atoms with Crippen molar-refractivity contribution in [3.8, 4) is 22.9 Å². The van der Waals surface area contributed by atoms with Gasteiger partial charge in [-0.05, 0) is 37.1 Å². The maximum atomic E-state index is 12.7. The Morgan fingerprint density at radius 3 is 2.59 bits per heavy atom. The number of ether oxygens (including phenoxy) is 3. The molecule has 0 fully saturated rings. The van der Waals surface area contributed by atoms with Crippen LogP contribution in [0.1, 0.15) is 25.3 Å². The van der Waals surface area contributed by atoms with Crippen LogP contribution in [-0.4, -0.2) is 19.7 Å². The standard InChI is InChI=1S/C23H22N2O4/c1-4-28-23(26)20-14(2)29-22(25)18(13-24)21(20)16-10-11-19(27-3)17(12-16)15-8-6-5-7-9-15/h5-12,21H,4,25H2,1-3H3. The molecule has 1 unspecified atom stereocenters. The van der Waals surface area contributed by atoms with Crippen molar-refractivity contribution in [1.29, 1.82) is 5.26 Å². The highest BCUT2D eigenvalue weighted by molar-refractivity contribution is 5.92. The summed E-state index contributed by atoms with van der Waals surface area (Å²) in [5.74, 6) is -0.239. The Morgan fingerprint density at radius 2 is 1.97 bits per heavy atom. The molecule has 1 heterocycles. The van der Waals surface area contributed by atoms with Crippen molar-refractivity contribution in [1.82, 2.24) is 0 Å². The summed E-state index contributed by atoms with van der Waals surface area (Å²) in [4.78, 5) is 12.7. The Labute approximate surface area is 169 Å². The van der Waals surface area contributed by atoms with E-state index >= 15 is 0 Å². The van der Waals surface area contributed by atoms with E-state index in [4.69, 9.17) is 19.9 Å². The van der Waals surface area contributed by atoms with Crippen molar-refractivity contribution in [2.24, 2.45) is 5.73 Å². The monoisotopic (exact) mass is 390 g/mol. The van der Waals surface area contributed by atoms with Gasteiger partial charge in [0.2, 0.25) is 5.88 Å². The SMILES string of the molecule is CCOC(=O)C1=C(C)OC(N)=C(C#N)C1c1ccc(OC)c(-c2ccccc2)c1. The number of nitrogens with two attached hydrogens (primary N) is 1. The van der Waals surface area contributed by atoms with E-state index in [-0.39, 0.29) is 23.6 Å². The zero-order valence-electron chi connectivity index (χ0n) is 16.6. The summed E-state index contributed by atoms with van der Waals surface area (Å²) >= 11 is 0. The molecule has 1 aliphatic heterocycles. The molecule has 6 heteroatoms. The van der Waals surface area contributed by atoms with Crippen molar-refractivity contribution >= 4 is 5.97 Å². The number of nitriles is 1. The fourth-order valence-corrected chi connectivity index (χ4v) is 3.44. The molecule has 1 atom stereocenters. The topological polar surface area (TPSA) is 94.6 Å². The molecule has 2 N–H and O–H groups in total. The van der Waals surface area contributed by atoms with Crippen LogP contribution in [0.3, 0.4) is 0 Å². The first-order valence-corrected chi connectivity index (χ1v) is 9.20. The molecular formula is C23H22N2O4. The number of methoxy groups -OCH3 is 1. The minimum atomic E-state index is -0.693. The van der Waals surface area contributed by atoms with Crippen LogP contribution < -0.4 is 10.5 Å². The average Bonchev–Trinajstić information content (AvgIpc) is 2.73. The Kier molecular flexibility index (Phi) is 5.89. The number of allylic oxidation sites excluding steroid dienone is 2. The van der Waals surface area contributed by atoms with E-state index in [2.05, 4.69) is 6.07 Å². The molecule has 6 nitrogen and oxygen atoms in total. The molecule has 2 aromatic rings. The Morgan fingerprint density at radius 1 is 1.24 bits per heavy atom. The smallest absolute Gasteiger partial charge is 0.338 e. The van der Waals surface area contributed by atoms with Gasteiger partial charge in [0.05, 0.1) is 25.2 Å². The van der Waals surface area contributed by atoms with Crippen LogP contribution >= 0.6 is 0 Å². The zero-order valence-corrected chi connectivity index (χ0v) is 16.6. The fourth-order valence-electron chi connectivity index (χ4n) is 3.44. The summed E-state index contributed by atoms with van der Waals surface area (Å²) in [6.07, 6.45) is 0. The molecule has 0 spiro atoms. The molecule has 0 saturated heterocycles. The largest absolute Gasteiger partial charge is 0.496 e. The molecule has 1 aliphatic rings.